The Hall–Kier alpha value is -3.50. The molecule has 0 aliphatic heterocycles. The largest absolute Gasteiger partial charge is 0.347 e. The molecule has 3 heterocycles. The van der Waals surface area contributed by atoms with Gasteiger partial charge in [-0.25, -0.2) is 9.67 Å². The van der Waals surface area contributed by atoms with Crippen molar-refractivity contribution in [3.63, 3.8) is 0 Å². The van der Waals surface area contributed by atoms with Gasteiger partial charge in [-0.15, -0.1) is 15.3 Å². The van der Waals surface area contributed by atoms with Crippen molar-refractivity contribution in [1.29, 1.82) is 0 Å². The summed E-state index contributed by atoms with van der Waals surface area (Å²) < 4.78 is 13.3. The molecule has 1 N–H and O–H groups in total. The van der Waals surface area contributed by atoms with Gasteiger partial charge in [-0.2, -0.15) is 5.21 Å². The maximum atomic E-state index is 5.67. The molecule has 0 saturated heterocycles. The Bertz CT molecular complexity index is 1180. The fourth-order valence-corrected chi connectivity index (χ4v) is 3.95. The molecule has 0 atom stereocenters. The van der Waals surface area contributed by atoms with Crippen LogP contribution in [0.5, 0.6) is 0 Å². The molecule has 178 valence electrons. The van der Waals surface area contributed by atoms with Gasteiger partial charge < -0.3 is 9.47 Å². The summed E-state index contributed by atoms with van der Waals surface area (Å²) in [6, 6.07) is 10.2. The van der Waals surface area contributed by atoms with Crippen molar-refractivity contribution in [2.45, 2.75) is 51.9 Å². The highest BCUT2D eigenvalue weighted by atomic mass is 16.7. The van der Waals surface area contributed by atoms with Crippen molar-refractivity contribution in [3.8, 4) is 22.5 Å². The number of hydrogen-bond donors (Lipinski definition) is 1. The Morgan fingerprint density at radius 1 is 1.03 bits per heavy atom. The minimum atomic E-state index is -0.943. The molecule has 4 rings (SSSR count). The van der Waals surface area contributed by atoms with E-state index in [1.54, 1.807) is 20.4 Å². The minimum Gasteiger partial charge on any atom is -0.347 e. The number of aromatic nitrogens is 8. The second-order valence-corrected chi connectivity index (χ2v) is 7.98. The van der Waals surface area contributed by atoms with Gasteiger partial charge >= 0.3 is 0 Å². The SMILES string of the molecule is CCCCc1nc(C(CC)(OC)OC)nn1Cc1ccc(-c2cnccc2-c2nn[nH]n2)cc1. The summed E-state index contributed by atoms with van der Waals surface area (Å²) >= 11 is 0. The number of unbranched alkanes of at least 4 members (excludes halogenated alkanes) is 1. The number of tetrazole rings is 1. The Balaban J connectivity index is 1.62. The van der Waals surface area contributed by atoms with Crippen LogP contribution in [0.3, 0.4) is 0 Å². The van der Waals surface area contributed by atoms with E-state index in [-0.39, 0.29) is 0 Å². The summed E-state index contributed by atoms with van der Waals surface area (Å²) in [5.74, 6) is 1.08. The molecule has 4 aromatic rings. The van der Waals surface area contributed by atoms with Crippen LogP contribution in [0.1, 0.15) is 50.3 Å². The average Bonchev–Trinajstić information content (AvgIpc) is 3.56. The quantitative estimate of drug-likeness (QED) is 0.335. The van der Waals surface area contributed by atoms with Gasteiger partial charge in [0, 0.05) is 50.6 Å². The summed E-state index contributed by atoms with van der Waals surface area (Å²) in [7, 11) is 3.25. The van der Waals surface area contributed by atoms with Crippen LogP contribution >= 0.6 is 0 Å². The molecule has 0 fully saturated rings. The van der Waals surface area contributed by atoms with Crippen molar-refractivity contribution in [3.05, 3.63) is 59.9 Å². The summed E-state index contributed by atoms with van der Waals surface area (Å²) in [5, 5.41) is 19.2. The number of nitrogens with one attached hydrogen (secondary N) is 1. The van der Waals surface area contributed by atoms with Gasteiger partial charge in [0.1, 0.15) is 5.82 Å². The second kappa shape index (κ2) is 10.6. The zero-order chi connectivity index (χ0) is 24.0. The van der Waals surface area contributed by atoms with Crippen LogP contribution in [0.15, 0.2) is 42.7 Å². The van der Waals surface area contributed by atoms with E-state index in [1.807, 2.05) is 23.9 Å². The molecule has 0 aliphatic rings. The molecule has 34 heavy (non-hydrogen) atoms. The number of H-pyrrole nitrogens is 1. The number of hydrogen-bond acceptors (Lipinski definition) is 8. The second-order valence-electron chi connectivity index (χ2n) is 7.98. The van der Waals surface area contributed by atoms with Crippen LogP contribution in [0.25, 0.3) is 22.5 Å². The molecular formula is C24H30N8O2. The van der Waals surface area contributed by atoms with Gasteiger partial charge in [0.2, 0.25) is 17.4 Å². The number of aryl methyl sites for hydroxylation is 1. The van der Waals surface area contributed by atoms with E-state index in [4.69, 9.17) is 19.6 Å². The third-order valence-corrected chi connectivity index (χ3v) is 5.97. The van der Waals surface area contributed by atoms with E-state index in [0.717, 1.165) is 47.3 Å². The number of nitrogens with zero attached hydrogens (tertiary/aromatic N) is 7. The third-order valence-electron chi connectivity index (χ3n) is 5.97. The van der Waals surface area contributed by atoms with Crippen LogP contribution in [-0.2, 0) is 28.2 Å². The molecule has 0 spiro atoms. The molecule has 3 aromatic heterocycles. The predicted octanol–water partition coefficient (Wildman–Crippen LogP) is 3.77. The highest BCUT2D eigenvalue weighted by molar-refractivity contribution is 5.79. The van der Waals surface area contributed by atoms with Crippen molar-refractivity contribution in [2.24, 2.45) is 0 Å². The van der Waals surface area contributed by atoms with E-state index in [2.05, 4.69) is 56.8 Å². The van der Waals surface area contributed by atoms with Gasteiger partial charge in [-0.3, -0.25) is 4.98 Å². The number of rotatable bonds is 11. The summed E-state index contributed by atoms with van der Waals surface area (Å²) in [4.78, 5) is 9.08. The van der Waals surface area contributed by atoms with E-state index in [0.29, 0.717) is 24.6 Å². The Kier molecular flexibility index (Phi) is 7.39. The molecule has 10 nitrogen and oxygen atoms in total. The Morgan fingerprint density at radius 2 is 1.82 bits per heavy atom. The standard InChI is InChI=1S/C24H30N8O2/c1-5-7-8-21-26-23(24(6-2,33-3)34-4)29-32(21)16-17-9-11-18(12-10-17)20-15-25-14-13-19(20)22-27-30-31-28-22/h9-15H,5-8,16H2,1-4H3,(H,27,28,30,31). The lowest BCUT2D eigenvalue weighted by atomic mass is 10.0. The maximum Gasteiger partial charge on any atom is 0.231 e. The zero-order valence-corrected chi connectivity index (χ0v) is 20.0. The number of benzene rings is 1. The summed E-state index contributed by atoms with van der Waals surface area (Å²) in [6.45, 7) is 4.77. The lowest BCUT2D eigenvalue weighted by Crippen LogP contribution is -2.31. The smallest absolute Gasteiger partial charge is 0.231 e. The van der Waals surface area contributed by atoms with Crippen LogP contribution in [0.4, 0.5) is 0 Å². The average molecular weight is 463 g/mol. The van der Waals surface area contributed by atoms with Crippen LogP contribution < -0.4 is 0 Å². The maximum absolute atomic E-state index is 5.67. The first-order valence-electron chi connectivity index (χ1n) is 11.5. The van der Waals surface area contributed by atoms with Crippen LogP contribution in [0, 0.1) is 0 Å². The molecule has 0 amide bonds. The zero-order valence-electron chi connectivity index (χ0n) is 20.0. The van der Waals surface area contributed by atoms with Gasteiger partial charge in [-0.1, -0.05) is 44.5 Å². The molecule has 10 heteroatoms. The number of aromatic amines is 1. The fraction of sp³-hybridized carbons (Fsp3) is 0.417. The summed E-state index contributed by atoms with van der Waals surface area (Å²) in [5.41, 5.74) is 3.94. The van der Waals surface area contributed by atoms with Crippen LogP contribution in [0.2, 0.25) is 0 Å². The van der Waals surface area contributed by atoms with Crippen molar-refractivity contribution >= 4 is 0 Å². The number of ether oxygens (including phenoxy) is 2. The molecular weight excluding hydrogens is 432 g/mol. The van der Waals surface area contributed by atoms with Crippen molar-refractivity contribution in [2.75, 3.05) is 14.2 Å². The van der Waals surface area contributed by atoms with E-state index >= 15 is 0 Å². The molecule has 0 radical (unpaired) electrons. The first-order valence-corrected chi connectivity index (χ1v) is 11.5. The molecule has 0 aliphatic carbocycles. The van der Waals surface area contributed by atoms with Gasteiger partial charge in [0.25, 0.3) is 0 Å². The minimum absolute atomic E-state index is 0.535. The van der Waals surface area contributed by atoms with Gasteiger partial charge in [-0.05, 0) is 28.8 Å². The Labute approximate surface area is 198 Å². The normalized spacial score (nSPS) is 11.8. The first kappa shape index (κ1) is 23.7. The number of methoxy groups -OCH3 is 2. The highest BCUT2D eigenvalue weighted by Crippen LogP contribution is 2.30. The molecule has 0 saturated carbocycles. The predicted molar refractivity (Wildman–Crippen MR) is 127 cm³/mol. The van der Waals surface area contributed by atoms with Gasteiger partial charge in [0.15, 0.2) is 0 Å². The van der Waals surface area contributed by atoms with E-state index in [9.17, 15) is 0 Å². The molecule has 0 bridgehead atoms. The molecule has 0 unspecified atom stereocenters. The fourth-order valence-electron chi connectivity index (χ4n) is 3.95. The lowest BCUT2D eigenvalue weighted by molar-refractivity contribution is -0.222. The Morgan fingerprint density at radius 3 is 2.47 bits per heavy atom. The van der Waals surface area contributed by atoms with Crippen molar-refractivity contribution < 1.29 is 9.47 Å². The first-order chi connectivity index (χ1) is 16.6. The van der Waals surface area contributed by atoms with Crippen LogP contribution in [-0.4, -0.2) is 54.6 Å². The number of pyridine rings is 1. The highest BCUT2D eigenvalue weighted by Gasteiger charge is 2.35. The van der Waals surface area contributed by atoms with E-state index < -0.39 is 5.79 Å². The third kappa shape index (κ3) is 4.73. The molecule has 1 aromatic carbocycles. The lowest BCUT2D eigenvalue weighted by Gasteiger charge is -2.26. The van der Waals surface area contributed by atoms with Gasteiger partial charge in [0.05, 0.1) is 6.54 Å². The summed E-state index contributed by atoms with van der Waals surface area (Å²) in [6.07, 6.45) is 7.11. The van der Waals surface area contributed by atoms with E-state index in [1.165, 1.54) is 0 Å². The monoisotopic (exact) mass is 462 g/mol. The van der Waals surface area contributed by atoms with Crippen molar-refractivity contribution in [1.82, 2.24) is 40.4 Å². The topological polar surface area (TPSA) is 117 Å².